The summed E-state index contributed by atoms with van der Waals surface area (Å²) in [6.07, 6.45) is 2.49. The summed E-state index contributed by atoms with van der Waals surface area (Å²) in [6, 6.07) is 7.25. The minimum absolute atomic E-state index is 0. The van der Waals surface area contributed by atoms with E-state index in [9.17, 15) is 8.42 Å². The van der Waals surface area contributed by atoms with E-state index in [-0.39, 0.29) is 18.4 Å². The Balaban J connectivity index is 0.00000264. The molecule has 1 N–H and O–H groups in total. The average molecular weight is 363 g/mol. The first-order valence-corrected chi connectivity index (χ1v) is 9.34. The fraction of sp³-hybridized carbons (Fsp3) is 0.625. The van der Waals surface area contributed by atoms with Crippen LogP contribution in [0.4, 0.5) is 0 Å². The van der Waals surface area contributed by atoms with Crippen molar-refractivity contribution in [2.75, 3.05) is 33.4 Å². The van der Waals surface area contributed by atoms with Crippen LogP contribution in [0.15, 0.2) is 29.2 Å². The van der Waals surface area contributed by atoms with E-state index in [4.69, 9.17) is 4.74 Å². The first kappa shape index (κ1) is 20.4. The Hall–Kier alpha value is -0.660. The van der Waals surface area contributed by atoms with Crippen molar-refractivity contribution in [3.05, 3.63) is 29.8 Å². The van der Waals surface area contributed by atoms with E-state index < -0.39 is 10.0 Å². The lowest BCUT2D eigenvalue weighted by Gasteiger charge is -2.27. The number of hydrogen-bond donors (Lipinski definition) is 1. The number of benzene rings is 1. The molecule has 1 saturated heterocycles. The molecular weight excluding hydrogens is 336 g/mol. The Morgan fingerprint density at radius 3 is 2.52 bits per heavy atom. The number of nitrogens with zero attached hydrogens (tertiary/aromatic N) is 1. The summed E-state index contributed by atoms with van der Waals surface area (Å²) in [5.74, 6) is 0. The van der Waals surface area contributed by atoms with Gasteiger partial charge >= 0.3 is 0 Å². The Morgan fingerprint density at radius 2 is 2.00 bits per heavy atom. The molecule has 132 valence electrons. The second-order valence-electron chi connectivity index (χ2n) is 5.65. The van der Waals surface area contributed by atoms with Crippen LogP contribution in [0, 0.1) is 0 Å². The molecule has 1 aromatic carbocycles. The molecule has 23 heavy (non-hydrogen) atoms. The van der Waals surface area contributed by atoms with E-state index in [1.54, 1.807) is 23.5 Å². The third-order valence-electron chi connectivity index (χ3n) is 4.01. The molecule has 2 rings (SSSR count). The van der Waals surface area contributed by atoms with Gasteiger partial charge in [-0.1, -0.05) is 19.1 Å². The van der Waals surface area contributed by atoms with E-state index in [0.29, 0.717) is 18.0 Å². The highest BCUT2D eigenvalue weighted by atomic mass is 35.5. The van der Waals surface area contributed by atoms with E-state index in [1.165, 1.54) is 0 Å². The number of ether oxygens (including phenoxy) is 1. The molecule has 1 fully saturated rings. The van der Waals surface area contributed by atoms with E-state index in [2.05, 4.69) is 5.32 Å². The highest BCUT2D eigenvalue weighted by molar-refractivity contribution is 7.89. The standard InChI is InChI=1S/C16H26N2O3S.ClH/c1-3-11-18(15-8-10-17-13-15)22(19,20)16-6-4-14(5-7-16)9-12-21-2;/h4-7,15,17H,3,8-13H2,1-2H3;1H. The van der Waals surface area contributed by atoms with Gasteiger partial charge in [-0.3, -0.25) is 0 Å². The number of hydrogen-bond acceptors (Lipinski definition) is 4. The van der Waals surface area contributed by atoms with Crippen LogP contribution in [0.5, 0.6) is 0 Å². The van der Waals surface area contributed by atoms with Crippen molar-refractivity contribution in [3.63, 3.8) is 0 Å². The second-order valence-corrected chi connectivity index (χ2v) is 7.54. The third kappa shape index (κ3) is 5.16. The van der Waals surface area contributed by atoms with Gasteiger partial charge in [0.1, 0.15) is 0 Å². The fourth-order valence-corrected chi connectivity index (χ4v) is 4.53. The lowest BCUT2D eigenvalue weighted by Crippen LogP contribution is -2.41. The van der Waals surface area contributed by atoms with Gasteiger partial charge in [-0.05, 0) is 43.5 Å². The SMILES string of the molecule is CCCN(C1CCNC1)S(=O)(=O)c1ccc(CCOC)cc1.Cl. The van der Waals surface area contributed by atoms with Crippen molar-refractivity contribution < 1.29 is 13.2 Å². The highest BCUT2D eigenvalue weighted by Gasteiger charge is 2.32. The molecule has 1 atom stereocenters. The molecular formula is C16H27ClN2O3S. The summed E-state index contributed by atoms with van der Waals surface area (Å²) in [4.78, 5) is 0.383. The first-order valence-electron chi connectivity index (χ1n) is 7.90. The molecule has 0 aromatic heterocycles. The van der Waals surface area contributed by atoms with Crippen molar-refractivity contribution in [3.8, 4) is 0 Å². The number of nitrogens with one attached hydrogen (secondary N) is 1. The Kier molecular flexibility index (Phi) is 8.50. The van der Waals surface area contributed by atoms with Crippen LogP contribution < -0.4 is 5.32 Å². The van der Waals surface area contributed by atoms with Crippen LogP contribution in [0.25, 0.3) is 0 Å². The maximum Gasteiger partial charge on any atom is 0.243 e. The van der Waals surface area contributed by atoms with Crippen molar-refractivity contribution in [2.45, 2.75) is 37.1 Å². The number of rotatable bonds is 8. The minimum Gasteiger partial charge on any atom is -0.384 e. The molecule has 0 bridgehead atoms. The quantitative estimate of drug-likeness (QED) is 0.769. The smallest absolute Gasteiger partial charge is 0.243 e. The molecule has 1 unspecified atom stereocenters. The monoisotopic (exact) mass is 362 g/mol. The normalized spacial score (nSPS) is 18.1. The van der Waals surface area contributed by atoms with Gasteiger partial charge in [0.15, 0.2) is 0 Å². The van der Waals surface area contributed by atoms with Crippen LogP contribution in [0.3, 0.4) is 0 Å². The molecule has 1 heterocycles. The lowest BCUT2D eigenvalue weighted by atomic mass is 10.2. The van der Waals surface area contributed by atoms with Gasteiger partial charge in [-0.15, -0.1) is 12.4 Å². The average Bonchev–Trinajstić information content (AvgIpc) is 3.04. The zero-order valence-electron chi connectivity index (χ0n) is 13.8. The van der Waals surface area contributed by atoms with Gasteiger partial charge in [0, 0.05) is 26.2 Å². The maximum absolute atomic E-state index is 12.9. The van der Waals surface area contributed by atoms with Gasteiger partial charge in [0.25, 0.3) is 0 Å². The highest BCUT2D eigenvalue weighted by Crippen LogP contribution is 2.22. The van der Waals surface area contributed by atoms with Crippen molar-refractivity contribution >= 4 is 22.4 Å². The molecule has 0 saturated carbocycles. The van der Waals surface area contributed by atoms with Crippen LogP contribution in [-0.2, 0) is 21.2 Å². The van der Waals surface area contributed by atoms with Gasteiger partial charge in [0.2, 0.25) is 10.0 Å². The van der Waals surface area contributed by atoms with Crippen LogP contribution in [-0.4, -0.2) is 52.1 Å². The molecule has 0 spiro atoms. The molecule has 1 aliphatic heterocycles. The molecule has 0 amide bonds. The minimum atomic E-state index is -3.42. The number of sulfonamides is 1. The predicted molar refractivity (Wildman–Crippen MR) is 94.7 cm³/mol. The van der Waals surface area contributed by atoms with Crippen LogP contribution in [0.1, 0.15) is 25.3 Å². The fourth-order valence-electron chi connectivity index (χ4n) is 2.79. The largest absolute Gasteiger partial charge is 0.384 e. The van der Waals surface area contributed by atoms with Gasteiger partial charge < -0.3 is 10.1 Å². The molecule has 7 heteroatoms. The second kappa shape index (κ2) is 9.59. The zero-order chi connectivity index (χ0) is 16.0. The lowest BCUT2D eigenvalue weighted by molar-refractivity contribution is 0.202. The maximum atomic E-state index is 12.9. The summed E-state index contributed by atoms with van der Waals surface area (Å²) in [5, 5.41) is 3.25. The summed E-state index contributed by atoms with van der Waals surface area (Å²) in [5.41, 5.74) is 1.09. The molecule has 0 radical (unpaired) electrons. The topological polar surface area (TPSA) is 58.6 Å². The van der Waals surface area contributed by atoms with Crippen LogP contribution >= 0.6 is 12.4 Å². The van der Waals surface area contributed by atoms with E-state index >= 15 is 0 Å². The molecule has 1 aliphatic rings. The zero-order valence-corrected chi connectivity index (χ0v) is 15.5. The Labute approximate surface area is 145 Å². The van der Waals surface area contributed by atoms with Crippen molar-refractivity contribution in [2.24, 2.45) is 0 Å². The van der Waals surface area contributed by atoms with Crippen molar-refractivity contribution in [1.29, 1.82) is 0 Å². The Bertz CT molecular complexity index is 557. The van der Waals surface area contributed by atoms with Crippen molar-refractivity contribution in [1.82, 2.24) is 9.62 Å². The molecule has 0 aliphatic carbocycles. The number of methoxy groups -OCH3 is 1. The van der Waals surface area contributed by atoms with E-state index in [1.807, 2.05) is 19.1 Å². The third-order valence-corrected chi connectivity index (χ3v) is 5.98. The summed E-state index contributed by atoms with van der Waals surface area (Å²) in [7, 11) is -1.76. The predicted octanol–water partition coefficient (Wildman–Crippen LogP) is 2.06. The van der Waals surface area contributed by atoms with Gasteiger partial charge in [0.05, 0.1) is 11.5 Å². The number of halogens is 1. The van der Waals surface area contributed by atoms with Crippen LogP contribution in [0.2, 0.25) is 0 Å². The summed E-state index contributed by atoms with van der Waals surface area (Å²) >= 11 is 0. The van der Waals surface area contributed by atoms with Gasteiger partial charge in [-0.25, -0.2) is 8.42 Å². The van der Waals surface area contributed by atoms with E-state index in [0.717, 1.165) is 37.9 Å². The Morgan fingerprint density at radius 1 is 1.30 bits per heavy atom. The molecule has 1 aromatic rings. The summed E-state index contributed by atoms with van der Waals surface area (Å²) in [6.45, 7) is 4.85. The summed E-state index contributed by atoms with van der Waals surface area (Å²) < 4.78 is 32.5. The first-order chi connectivity index (χ1) is 10.6. The molecule has 5 nitrogen and oxygen atoms in total. The van der Waals surface area contributed by atoms with Gasteiger partial charge in [-0.2, -0.15) is 4.31 Å².